The summed E-state index contributed by atoms with van der Waals surface area (Å²) in [7, 11) is 0. The zero-order valence-electron chi connectivity index (χ0n) is 12.5. The van der Waals surface area contributed by atoms with Crippen molar-refractivity contribution in [3.63, 3.8) is 0 Å². The molecule has 2 aromatic carbocycles. The van der Waals surface area contributed by atoms with Crippen LogP contribution in [0.5, 0.6) is 0 Å². The van der Waals surface area contributed by atoms with E-state index in [1.807, 2.05) is 47.4 Å². The Hall–Kier alpha value is -2.09. The fraction of sp³-hybridized carbons (Fsp3) is 0.316. The first-order valence-electron chi connectivity index (χ1n) is 7.69. The van der Waals surface area contributed by atoms with Crippen LogP contribution in [-0.4, -0.2) is 23.9 Å². The van der Waals surface area contributed by atoms with Crippen LogP contribution >= 0.6 is 0 Å². The predicted octanol–water partition coefficient (Wildman–Crippen LogP) is 4.23. The average Bonchev–Trinajstić information content (AvgIpc) is 2.55. The van der Waals surface area contributed by atoms with Crippen LogP contribution in [0.4, 0.5) is 0 Å². The third-order valence-electron chi connectivity index (χ3n) is 4.18. The summed E-state index contributed by atoms with van der Waals surface area (Å²) in [4.78, 5) is 14.5. The summed E-state index contributed by atoms with van der Waals surface area (Å²) in [6, 6.07) is 18.2. The Kier molecular flexibility index (Phi) is 4.05. The molecule has 21 heavy (non-hydrogen) atoms. The molecular weight excluding hydrogens is 258 g/mol. The van der Waals surface area contributed by atoms with E-state index in [4.69, 9.17) is 0 Å². The number of hydrogen-bond acceptors (Lipinski definition) is 1. The van der Waals surface area contributed by atoms with E-state index < -0.39 is 0 Å². The molecule has 0 spiro atoms. The lowest BCUT2D eigenvalue weighted by Gasteiger charge is -2.31. The minimum atomic E-state index is 0.168. The summed E-state index contributed by atoms with van der Waals surface area (Å²) in [5.41, 5.74) is 3.13. The first-order valence-corrected chi connectivity index (χ1v) is 7.69. The first kappa shape index (κ1) is 13.9. The van der Waals surface area contributed by atoms with Crippen molar-refractivity contribution in [2.75, 3.05) is 13.1 Å². The highest BCUT2D eigenvalue weighted by Crippen LogP contribution is 2.21. The van der Waals surface area contributed by atoms with Gasteiger partial charge in [-0.05, 0) is 42.0 Å². The molecule has 2 nitrogen and oxygen atoms in total. The van der Waals surface area contributed by atoms with Crippen LogP contribution in [0.2, 0.25) is 0 Å². The zero-order valence-corrected chi connectivity index (χ0v) is 12.5. The number of hydrogen-bond donors (Lipinski definition) is 0. The third-order valence-corrected chi connectivity index (χ3v) is 4.18. The van der Waals surface area contributed by atoms with Gasteiger partial charge in [-0.2, -0.15) is 0 Å². The lowest BCUT2D eigenvalue weighted by molar-refractivity contribution is 0.0683. The third kappa shape index (κ3) is 3.15. The number of carbonyl (C=O) groups excluding carboxylic acids is 1. The molecule has 0 bridgehead atoms. The van der Waals surface area contributed by atoms with Crippen LogP contribution in [-0.2, 0) is 0 Å². The molecule has 1 atom stereocenters. The smallest absolute Gasteiger partial charge is 0.253 e. The quantitative estimate of drug-likeness (QED) is 0.805. The van der Waals surface area contributed by atoms with Crippen LogP contribution < -0.4 is 0 Å². The Morgan fingerprint density at radius 1 is 1.00 bits per heavy atom. The Morgan fingerprint density at radius 3 is 2.33 bits per heavy atom. The van der Waals surface area contributed by atoms with Gasteiger partial charge in [0.15, 0.2) is 0 Å². The number of amides is 1. The van der Waals surface area contributed by atoms with Gasteiger partial charge >= 0.3 is 0 Å². The number of piperidine rings is 1. The largest absolute Gasteiger partial charge is 0.338 e. The molecule has 1 amide bonds. The fourth-order valence-corrected chi connectivity index (χ4v) is 2.99. The maximum Gasteiger partial charge on any atom is 0.253 e. The van der Waals surface area contributed by atoms with E-state index >= 15 is 0 Å². The molecule has 1 saturated heterocycles. The molecule has 1 aliphatic heterocycles. The molecule has 3 rings (SSSR count). The van der Waals surface area contributed by atoms with E-state index in [0.29, 0.717) is 5.92 Å². The van der Waals surface area contributed by atoms with Crippen molar-refractivity contribution in [1.82, 2.24) is 4.90 Å². The minimum absolute atomic E-state index is 0.168. The zero-order chi connectivity index (χ0) is 14.7. The number of carbonyl (C=O) groups is 1. The van der Waals surface area contributed by atoms with E-state index in [9.17, 15) is 4.79 Å². The summed E-state index contributed by atoms with van der Waals surface area (Å²) in [5, 5.41) is 0. The highest BCUT2D eigenvalue weighted by atomic mass is 16.2. The number of likely N-dealkylation sites (tertiary alicyclic amines) is 1. The summed E-state index contributed by atoms with van der Waals surface area (Å²) in [6.07, 6.45) is 2.35. The van der Waals surface area contributed by atoms with Crippen LogP contribution in [0.25, 0.3) is 11.1 Å². The Balaban J connectivity index is 1.76. The molecule has 1 unspecified atom stereocenters. The van der Waals surface area contributed by atoms with Gasteiger partial charge in [-0.3, -0.25) is 4.79 Å². The van der Waals surface area contributed by atoms with Gasteiger partial charge in [0.2, 0.25) is 0 Å². The molecule has 2 heteroatoms. The lowest BCUT2D eigenvalue weighted by Crippen LogP contribution is -2.39. The molecular formula is C19H21NO. The minimum Gasteiger partial charge on any atom is -0.338 e. The van der Waals surface area contributed by atoms with Crippen molar-refractivity contribution in [2.24, 2.45) is 5.92 Å². The SMILES string of the molecule is CC1CCCN(C(=O)c2ccc(-c3ccccc3)cc2)C1. The number of rotatable bonds is 2. The Bertz CT molecular complexity index is 603. The Labute approximate surface area is 126 Å². The van der Waals surface area contributed by atoms with E-state index in [2.05, 4.69) is 19.1 Å². The maximum absolute atomic E-state index is 12.5. The molecule has 0 aliphatic carbocycles. The molecule has 1 heterocycles. The second kappa shape index (κ2) is 6.13. The second-order valence-corrected chi connectivity index (χ2v) is 5.94. The van der Waals surface area contributed by atoms with Gasteiger partial charge in [0.25, 0.3) is 5.91 Å². The van der Waals surface area contributed by atoms with Gasteiger partial charge in [-0.15, -0.1) is 0 Å². The topological polar surface area (TPSA) is 20.3 Å². The molecule has 0 saturated carbocycles. The van der Waals surface area contributed by atoms with E-state index in [-0.39, 0.29) is 5.91 Å². The van der Waals surface area contributed by atoms with Gasteiger partial charge in [0.05, 0.1) is 0 Å². The van der Waals surface area contributed by atoms with Crippen molar-refractivity contribution in [3.8, 4) is 11.1 Å². The van der Waals surface area contributed by atoms with E-state index in [0.717, 1.165) is 30.6 Å². The van der Waals surface area contributed by atoms with Gasteiger partial charge < -0.3 is 4.90 Å². The van der Waals surface area contributed by atoms with Crippen molar-refractivity contribution >= 4 is 5.91 Å². The molecule has 108 valence electrons. The van der Waals surface area contributed by atoms with Crippen molar-refractivity contribution in [3.05, 3.63) is 60.2 Å². The van der Waals surface area contributed by atoms with Gasteiger partial charge in [-0.25, -0.2) is 0 Å². The molecule has 0 radical (unpaired) electrons. The van der Waals surface area contributed by atoms with Crippen molar-refractivity contribution in [2.45, 2.75) is 19.8 Å². The van der Waals surface area contributed by atoms with Gasteiger partial charge in [0.1, 0.15) is 0 Å². The average molecular weight is 279 g/mol. The second-order valence-electron chi connectivity index (χ2n) is 5.94. The van der Waals surface area contributed by atoms with Crippen LogP contribution in [0.3, 0.4) is 0 Å². The summed E-state index contributed by atoms with van der Waals surface area (Å²) < 4.78 is 0. The molecule has 0 N–H and O–H groups in total. The predicted molar refractivity (Wildman–Crippen MR) is 86.2 cm³/mol. The highest BCUT2D eigenvalue weighted by molar-refractivity contribution is 5.94. The standard InChI is InChI=1S/C19H21NO/c1-15-6-5-13-20(14-15)19(21)18-11-9-17(10-12-18)16-7-3-2-4-8-16/h2-4,7-12,15H,5-6,13-14H2,1H3. The summed E-state index contributed by atoms with van der Waals surface area (Å²) in [6.45, 7) is 4.00. The number of benzene rings is 2. The fourth-order valence-electron chi connectivity index (χ4n) is 2.99. The normalized spacial score (nSPS) is 18.5. The molecule has 1 aliphatic rings. The Morgan fingerprint density at radius 2 is 1.67 bits per heavy atom. The van der Waals surface area contributed by atoms with Crippen molar-refractivity contribution in [1.29, 1.82) is 0 Å². The maximum atomic E-state index is 12.5. The van der Waals surface area contributed by atoms with Crippen LogP contribution in [0, 0.1) is 5.92 Å². The molecule has 0 aromatic heterocycles. The van der Waals surface area contributed by atoms with Crippen LogP contribution in [0.15, 0.2) is 54.6 Å². The van der Waals surface area contributed by atoms with Crippen molar-refractivity contribution < 1.29 is 4.79 Å². The summed E-state index contributed by atoms with van der Waals surface area (Å²) in [5.74, 6) is 0.785. The van der Waals surface area contributed by atoms with E-state index in [1.165, 1.54) is 12.0 Å². The summed E-state index contributed by atoms with van der Waals surface area (Å²) >= 11 is 0. The van der Waals surface area contributed by atoms with Gasteiger partial charge in [-0.1, -0.05) is 49.4 Å². The lowest BCUT2D eigenvalue weighted by atomic mass is 9.99. The molecule has 1 fully saturated rings. The molecule has 2 aromatic rings. The highest BCUT2D eigenvalue weighted by Gasteiger charge is 2.21. The first-order chi connectivity index (χ1) is 10.2. The van der Waals surface area contributed by atoms with Gasteiger partial charge in [0, 0.05) is 18.7 Å². The van der Waals surface area contributed by atoms with Crippen LogP contribution in [0.1, 0.15) is 30.1 Å². The van der Waals surface area contributed by atoms with E-state index in [1.54, 1.807) is 0 Å². The monoisotopic (exact) mass is 279 g/mol. The number of nitrogens with zero attached hydrogens (tertiary/aromatic N) is 1.